The average Bonchev–Trinajstić information content (AvgIpc) is 2.28. The number of carbonyl (C=O) groups is 1. The van der Waals surface area contributed by atoms with Crippen LogP contribution in [-0.4, -0.2) is 36.4 Å². The fourth-order valence-electron chi connectivity index (χ4n) is 2.77. The lowest BCUT2D eigenvalue weighted by Gasteiger charge is -2.56. The lowest BCUT2D eigenvalue weighted by molar-refractivity contribution is -0.159. The molecule has 0 aromatic rings. The van der Waals surface area contributed by atoms with Crippen molar-refractivity contribution in [1.29, 1.82) is 0 Å². The van der Waals surface area contributed by atoms with E-state index in [2.05, 4.69) is 5.32 Å². The van der Waals surface area contributed by atoms with E-state index in [0.717, 1.165) is 12.8 Å². The number of ether oxygens (including phenoxy) is 1. The Morgan fingerprint density at radius 3 is 2.41 bits per heavy atom. The Labute approximate surface area is 103 Å². The molecule has 1 aliphatic carbocycles. The predicted molar refractivity (Wildman–Crippen MR) is 64.5 cm³/mol. The Balaban J connectivity index is 2.00. The van der Waals surface area contributed by atoms with Crippen molar-refractivity contribution in [3.8, 4) is 0 Å². The molecule has 2 rings (SSSR count). The van der Waals surface area contributed by atoms with Crippen LogP contribution in [0.1, 0.15) is 40.0 Å². The van der Waals surface area contributed by atoms with E-state index < -0.39 is 0 Å². The molecule has 17 heavy (non-hydrogen) atoms. The Kier molecular flexibility index (Phi) is 3.21. The van der Waals surface area contributed by atoms with E-state index in [1.165, 1.54) is 0 Å². The van der Waals surface area contributed by atoms with Gasteiger partial charge >= 0.3 is 0 Å². The number of hydrogen-bond acceptors (Lipinski definition) is 3. The highest BCUT2D eigenvalue weighted by Gasteiger charge is 2.55. The first-order valence-electron chi connectivity index (χ1n) is 6.43. The zero-order chi connectivity index (χ0) is 12.7. The summed E-state index contributed by atoms with van der Waals surface area (Å²) in [6.07, 6.45) is 2.10. The molecule has 4 nitrogen and oxygen atoms in total. The minimum Gasteiger partial charge on any atom is -0.392 e. The molecule has 0 radical (unpaired) electrons. The fourth-order valence-corrected chi connectivity index (χ4v) is 2.77. The van der Waals surface area contributed by atoms with Crippen LogP contribution in [0.15, 0.2) is 0 Å². The molecule has 1 saturated heterocycles. The molecule has 1 amide bonds. The van der Waals surface area contributed by atoms with Crippen molar-refractivity contribution in [2.45, 2.75) is 52.2 Å². The molecular formula is C13H23NO3. The number of amides is 1. The molecule has 0 bridgehead atoms. The molecule has 0 unspecified atom stereocenters. The van der Waals surface area contributed by atoms with Crippen molar-refractivity contribution < 1.29 is 14.6 Å². The van der Waals surface area contributed by atoms with Gasteiger partial charge in [-0.25, -0.2) is 0 Å². The number of hydrogen-bond donors (Lipinski definition) is 2. The quantitative estimate of drug-likeness (QED) is 0.722. The van der Waals surface area contributed by atoms with Crippen LogP contribution in [0.2, 0.25) is 0 Å². The molecule has 2 aliphatic rings. The Bertz CT molecular complexity index is 302. The first-order chi connectivity index (χ1) is 7.86. The first-order valence-corrected chi connectivity index (χ1v) is 6.43. The van der Waals surface area contributed by atoms with Gasteiger partial charge in [0.05, 0.1) is 6.10 Å². The van der Waals surface area contributed by atoms with Crippen LogP contribution in [0.25, 0.3) is 0 Å². The number of nitrogens with one attached hydrogen (secondary N) is 1. The Morgan fingerprint density at radius 1 is 1.35 bits per heavy atom. The predicted octanol–water partition coefficient (Wildman–Crippen LogP) is 1.08. The summed E-state index contributed by atoms with van der Waals surface area (Å²) >= 11 is 0. The van der Waals surface area contributed by atoms with Gasteiger partial charge in [-0.1, -0.05) is 20.8 Å². The maximum Gasteiger partial charge on any atom is 0.225 e. The second-order valence-corrected chi connectivity index (χ2v) is 6.37. The SMILES string of the molecule is CC(C)(C)C(=O)N[C@@H]1C[C@@H](O)C12CCOCC2. The summed E-state index contributed by atoms with van der Waals surface area (Å²) in [5.74, 6) is 0.0697. The van der Waals surface area contributed by atoms with E-state index in [4.69, 9.17) is 4.74 Å². The van der Waals surface area contributed by atoms with Crippen molar-refractivity contribution in [3.05, 3.63) is 0 Å². The van der Waals surface area contributed by atoms with Crippen LogP contribution in [-0.2, 0) is 9.53 Å². The fraction of sp³-hybridized carbons (Fsp3) is 0.923. The van der Waals surface area contributed by atoms with Crippen molar-refractivity contribution in [2.24, 2.45) is 10.8 Å². The van der Waals surface area contributed by atoms with Gasteiger partial charge in [0, 0.05) is 30.1 Å². The summed E-state index contributed by atoms with van der Waals surface area (Å²) in [6, 6.07) is 0.119. The van der Waals surface area contributed by atoms with E-state index in [9.17, 15) is 9.90 Å². The Morgan fingerprint density at radius 2 is 1.94 bits per heavy atom. The largest absolute Gasteiger partial charge is 0.392 e. The summed E-state index contributed by atoms with van der Waals surface area (Å²) < 4.78 is 5.35. The van der Waals surface area contributed by atoms with E-state index in [-0.39, 0.29) is 28.9 Å². The van der Waals surface area contributed by atoms with Gasteiger partial charge in [-0.2, -0.15) is 0 Å². The highest BCUT2D eigenvalue weighted by Crippen LogP contribution is 2.49. The van der Waals surface area contributed by atoms with Crippen molar-refractivity contribution >= 4 is 5.91 Å². The summed E-state index contributed by atoms with van der Waals surface area (Å²) in [5.41, 5.74) is -0.494. The molecule has 1 aliphatic heterocycles. The zero-order valence-electron chi connectivity index (χ0n) is 11.0. The molecule has 2 N–H and O–H groups in total. The molecule has 98 valence electrons. The van der Waals surface area contributed by atoms with Crippen molar-refractivity contribution in [3.63, 3.8) is 0 Å². The summed E-state index contributed by atoms with van der Waals surface area (Å²) in [4.78, 5) is 12.0. The first kappa shape index (κ1) is 12.8. The third-order valence-electron chi connectivity index (χ3n) is 4.23. The van der Waals surface area contributed by atoms with Gasteiger partial charge in [0.2, 0.25) is 5.91 Å². The van der Waals surface area contributed by atoms with E-state index in [1.807, 2.05) is 20.8 Å². The van der Waals surface area contributed by atoms with E-state index >= 15 is 0 Å². The lowest BCUT2D eigenvalue weighted by Crippen LogP contribution is -2.66. The Hall–Kier alpha value is -0.610. The normalized spacial score (nSPS) is 32.0. The van der Waals surface area contributed by atoms with E-state index in [0.29, 0.717) is 19.6 Å². The molecule has 2 atom stereocenters. The number of aliphatic hydroxyl groups excluding tert-OH is 1. The van der Waals surface area contributed by atoms with Gasteiger partial charge in [0.15, 0.2) is 0 Å². The van der Waals surface area contributed by atoms with Crippen LogP contribution in [0, 0.1) is 10.8 Å². The third kappa shape index (κ3) is 2.20. The van der Waals surface area contributed by atoms with Crippen LogP contribution in [0.3, 0.4) is 0 Å². The smallest absolute Gasteiger partial charge is 0.225 e. The molecule has 0 aromatic heterocycles. The number of carbonyl (C=O) groups excluding carboxylic acids is 1. The zero-order valence-corrected chi connectivity index (χ0v) is 11.0. The monoisotopic (exact) mass is 241 g/mol. The topological polar surface area (TPSA) is 58.6 Å². The number of aliphatic hydroxyl groups is 1. The molecule has 1 heterocycles. The summed E-state index contributed by atoms with van der Waals surface area (Å²) in [5, 5.41) is 13.1. The van der Waals surface area contributed by atoms with Gasteiger partial charge in [0.25, 0.3) is 0 Å². The maximum atomic E-state index is 12.0. The molecule has 0 aromatic carbocycles. The van der Waals surface area contributed by atoms with Crippen LogP contribution in [0.5, 0.6) is 0 Å². The highest BCUT2D eigenvalue weighted by molar-refractivity contribution is 5.81. The second kappa shape index (κ2) is 4.25. The molecule has 4 heteroatoms. The lowest BCUT2D eigenvalue weighted by atomic mass is 9.57. The number of rotatable bonds is 1. The summed E-state index contributed by atoms with van der Waals surface area (Å²) in [6.45, 7) is 7.12. The van der Waals surface area contributed by atoms with Gasteiger partial charge in [0.1, 0.15) is 0 Å². The van der Waals surface area contributed by atoms with Gasteiger partial charge < -0.3 is 15.2 Å². The van der Waals surface area contributed by atoms with Crippen LogP contribution < -0.4 is 5.32 Å². The van der Waals surface area contributed by atoms with Gasteiger partial charge in [-0.05, 0) is 19.3 Å². The minimum absolute atomic E-state index is 0.0697. The second-order valence-electron chi connectivity index (χ2n) is 6.37. The average molecular weight is 241 g/mol. The minimum atomic E-state index is -0.368. The van der Waals surface area contributed by atoms with Crippen LogP contribution >= 0.6 is 0 Å². The standard InChI is InChI=1S/C13H23NO3/c1-12(2,3)11(16)14-9-8-10(15)13(9)4-6-17-7-5-13/h9-10,15H,4-8H2,1-3H3,(H,14,16)/t9-,10-/m1/s1. The highest BCUT2D eigenvalue weighted by atomic mass is 16.5. The molecular weight excluding hydrogens is 218 g/mol. The van der Waals surface area contributed by atoms with Gasteiger partial charge in [-0.3, -0.25) is 4.79 Å². The van der Waals surface area contributed by atoms with E-state index in [1.54, 1.807) is 0 Å². The van der Waals surface area contributed by atoms with Crippen molar-refractivity contribution in [1.82, 2.24) is 5.32 Å². The molecule has 1 saturated carbocycles. The maximum absolute atomic E-state index is 12.0. The summed E-state index contributed by atoms with van der Waals surface area (Å²) in [7, 11) is 0. The molecule has 2 fully saturated rings. The third-order valence-corrected chi connectivity index (χ3v) is 4.23. The van der Waals surface area contributed by atoms with Gasteiger partial charge in [-0.15, -0.1) is 0 Å². The van der Waals surface area contributed by atoms with Crippen molar-refractivity contribution in [2.75, 3.05) is 13.2 Å². The van der Waals surface area contributed by atoms with Crippen LogP contribution in [0.4, 0.5) is 0 Å². The molecule has 1 spiro atoms.